The molecule has 0 saturated heterocycles. The number of hydrogen-bond acceptors (Lipinski definition) is 2. The zero-order chi connectivity index (χ0) is 12.0. The molecule has 4 heteroatoms. The van der Waals surface area contributed by atoms with E-state index in [1.165, 1.54) is 12.1 Å². The van der Waals surface area contributed by atoms with Crippen molar-refractivity contribution in [3.63, 3.8) is 0 Å². The second kappa shape index (κ2) is 5.92. The lowest BCUT2D eigenvalue weighted by Gasteiger charge is -2.18. The van der Waals surface area contributed by atoms with Gasteiger partial charge < -0.3 is 10.1 Å². The molecule has 2 nitrogen and oxygen atoms in total. The number of hydrogen-bond donors (Lipinski definition) is 1. The largest absolute Gasteiger partial charge is 0.380 e. The van der Waals surface area contributed by atoms with Gasteiger partial charge in [0.2, 0.25) is 0 Å². The molecule has 1 aromatic carbocycles. The Bertz CT molecular complexity index is 303. The second-order valence-electron chi connectivity index (χ2n) is 3.75. The predicted octanol–water partition coefficient (Wildman–Crippen LogP) is 2.40. The summed E-state index contributed by atoms with van der Waals surface area (Å²) in [6.45, 7) is 1.87. The van der Waals surface area contributed by atoms with Gasteiger partial charge in [-0.15, -0.1) is 0 Å². The Kier molecular flexibility index (Phi) is 4.83. The topological polar surface area (TPSA) is 21.3 Å². The van der Waals surface area contributed by atoms with Gasteiger partial charge in [0.05, 0.1) is 12.6 Å². The predicted molar refractivity (Wildman–Crippen MR) is 59.7 cm³/mol. The van der Waals surface area contributed by atoms with Crippen LogP contribution in [0.25, 0.3) is 0 Å². The normalized spacial score (nSPS) is 13.8. The fraction of sp³-hybridized carbons (Fsp3) is 0.500. The molecule has 90 valence electrons. The molecular formula is C12H17F2NO. The maximum atomic E-state index is 13.6. The summed E-state index contributed by atoms with van der Waals surface area (Å²) in [5, 5.41) is 2.70. The van der Waals surface area contributed by atoms with Crippen LogP contribution in [0.4, 0.5) is 8.78 Å². The van der Waals surface area contributed by atoms with E-state index in [1.54, 1.807) is 25.3 Å². The molecule has 1 unspecified atom stereocenters. The Hall–Kier alpha value is -1.00. The molecule has 1 N–H and O–H groups in total. The summed E-state index contributed by atoms with van der Waals surface area (Å²) in [6, 6.07) is 7.81. The number of rotatable bonds is 6. The van der Waals surface area contributed by atoms with Crippen LogP contribution >= 0.6 is 0 Å². The van der Waals surface area contributed by atoms with Crippen LogP contribution in [0.15, 0.2) is 30.3 Å². The Labute approximate surface area is 94.6 Å². The van der Waals surface area contributed by atoms with Crippen molar-refractivity contribution in [1.29, 1.82) is 0 Å². The number of benzene rings is 1. The first-order valence-corrected chi connectivity index (χ1v) is 5.23. The van der Waals surface area contributed by atoms with Gasteiger partial charge in [-0.1, -0.05) is 30.3 Å². The molecule has 0 aliphatic rings. The van der Waals surface area contributed by atoms with Crippen LogP contribution in [0.5, 0.6) is 0 Å². The van der Waals surface area contributed by atoms with Crippen LogP contribution in [0, 0.1) is 0 Å². The minimum atomic E-state index is -2.84. The smallest absolute Gasteiger partial charge is 0.285 e. The van der Waals surface area contributed by atoms with E-state index in [4.69, 9.17) is 4.74 Å². The third kappa shape index (κ3) is 3.87. The summed E-state index contributed by atoms with van der Waals surface area (Å²) >= 11 is 0. The minimum Gasteiger partial charge on any atom is -0.380 e. The van der Waals surface area contributed by atoms with Crippen molar-refractivity contribution in [3.8, 4) is 0 Å². The Morgan fingerprint density at radius 1 is 1.31 bits per heavy atom. The molecule has 0 aromatic heterocycles. The van der Waals surface area contributed by atoms with Gasteiger partial charge in [-0.25, -0.2) is 0 Å². The number of alkyl halides is 2. The van der Waals surface area contributed by atoms with Crippen molar-refractivity contribution in [2.45, 2.75) is 19.0 Å². The number of nitrogens with one attached hydrogen (secondary N) is 1. The SMILES string of the molecule is COC(C)CNCC(F)(F)c1ccccc1. The first-order chi connectivity index (χ1) is 7.56. The van der Waals surface area contributed by atoms with Gasteiger partial charge in [-0.05, 0) is 6.92 Å². The average Bonchev–Trinajstić information content (AvgIpc) is 2.30. The van der Waals surface area contributed by atoms with Crippen molar-refractivity contribution in [1.82, 2.24) is 5.32 Å². The standard InChI is InChI=1S/C12H17F2NO/c1-10(16-2)8-15-9-12(13,14)11-6-4-3-5-7-11/h3-7,10,15H,8-9H2,1-2H3. The van der Waals surface area contributed by atoms with Gasteiger partial charge in [0.1, 0.15) is 0 Å². The number of methoxy groups -OCH3 is 1. The summed E-state index contributed by atoms with van der Waals surface area (Å²) in [6.07, 6.45) is -0.0634. The maximum absolute atomic E-state index is 13.6. The van der Waals surface area contributed by atoms with Crippen molar-refractivity contribution in [2.75, 3.05) is 20.2 Å². The van der Waals surface area contributed by atoms with Gasteiger partial charge in [0, 0.05) is 19.2 Å². The number of ether oxygens (including phenoxy) is 1. The highest BCUT2D eigenvalue weighted by Gasteiger charge is 2.30. The van der Waals surface area contributed by atoms with Crippen LogP contribution in [0.1, 0.15) is 12.5 Å². The van der Waals surface area contributed by atoms with Crippen LogP contribution in [0.2, 0.25) is 0 Å². The fourth-order valence-corrected chi connectivity index (χ4v) is 1.30. The van der Waals surface area contributed by atoms with Crippen LogP contribution in [-0.2, 0) is 10.7 Å². The molecule has 1 aromatic rings. The van der Waals surface area contributed by atoms with Gasteiger partial charge in [-0.3, -0.25) is 0 Å². The molecule has 0 spiro atoms. The minimum absolute atomic E-state index is 0.0348. The van der Waals surface area contributed by atoms with Gasteiger partial charge in [0.15, 0.2) is 0 Å². The maximum Gasteiger partial charge on any atom is 0.285 e. The highest BCUT2D eigenvalue weighted by atomic mass is 19.3. The summed E-state index contributed by atoms with van der Waals surface area (Å²) in [5.41, 5.74) is 0.0348. The molecule has 0 amide bonds. The van der Waals surface area contributed by atoms with E-state index in [9.17, 15) is 8.78 Å². The third-order valence-electron chi connectivity index (χ3n) is 2.38. The van der Waals surface area contributed by atoms with Gasteiger partial charge in [-0.2, -0.15) is 8.78 Å². The summed E-state index contributed by atoms with van der Waals surface area (Å²) in [5.74, 6) is -2.84. The molecule has 0 aliphatic carbocycles. The van der Waals surface area contributed by atoms with Gasteiger partial charge in [0.25, 0.3) is 5.92 Å². The average molecular weight is 229 g/mol. The van der Waals surface area contributed by atoms with Crippen molar-refractivity contribution in [3.05, 3.63) is 35.9 Å². The van der Waals surface area contributed by atoms with E-state index in [0.717, 1.165) is 0 Å². The molecule has 1 rings (SSSR count). The zero-order valence-corrected chi connectivity index (χ0v) is 9.54. The fourth-order valence-electron chi connectivity index (χ4n) is 1.30. The van der Waals surface area contributed by atoms with Crippen LogP contribution < -0.4 is 5.32 Å². The monoisotopic (exact) mass is 229 g/mol. The quantitative estimate of drug-likeness (QED) is 0.808. The Morgan fingerprint density at radius 2 is 1.94 bits per heavy atom. The van der Waals surface area contributed by atoms with Crippen LogP contribution in [0.3, 0.4) is 0 Å². The molecule has 16 heavy (non-hydrogen) atoms. The highest BCUT2D eigenvalue weighted by molar-refractivity contribution is 5.20. The van der Waals surface area contributed by atoms with E-state index in [1.807, 2.05) is 6.92 Å². The van der Waals surface area contributed by atoms with Crippen molar-refractivity contribution >= 4 is 0 Å². The lowest BCUT2D eigenvalue weighted by molar-refractivity contribution is -0.00637. The van der Waals surface area contributed by atoms with E-state index >= 15 is 0 Å². The molecule has 1 atom stereocenters. The second-order valence-corrected chi connectivity index (χ2v) is 3.75. The van der Waals surface area contributed by atoms with Crippen molar-refractivity contribution in [2.24, 2.45) is 0 Å². The van der Waals surface area contributed by atoms with E-state index < -0.39 is 5.92 Å². The lowest BCUT2D eigenvalue weighted by atomic mass is 10.1. The van der Waals surface area contributed by atoms with E-state index in [-0.39, 0.29) is 18.2 Å². The molecular weight excluding hydrogens is 212 g/mol. The highest BCUT2D eigenvalue weighted by Crippen LogP contribution is 2.26. The molecule has 0 heterocycles. The molecule has 0 fully saturated rings. The lowest BCUT2D eigenvalue weighted by Crippen LogP contribution is -2.35. The first-order valence-electron chi connectivity index (χ1n) is 5.23. The molecule has 0 saturated carbocycles. The van der Waals surface area contributed by atoms with Crippen LogP contribution in [-0.4, -0.2) is 26.3 Å². The summed E-state index contributed by atoms with van der Waals surface area (Å²) in [4.78, 5) is 0. The Morgan fingerprint density at radius 3 is 2.50 bits per heavy atom. The number of halogens is 2. The molecule has 0 bridgehead atoms. The summed E-state index contributed by atoms with van der Waals surface area (Å²) < 4.78 is 32.2. The zero-order valence-electron chi connectivity index (χ0n) is 9.54. The van der Waals surface area contributed by atoms with Gasteiger partial charge >= 0.3 is 0 Å². The third-order valence-corrected chi connectivity index (χ3v) is 2.38. The summed E-state index contributed by atoms with van der Waals surface area (Å²) in [7, 11) is 1.56. The van der Waals surface area contributed by atoms with E-state index in [0.29, 0.717) is 6.54 Å². The van der Waals surface area contributed by atoms with E-state index in [2.05, 4.69) is 5.32 Å². The molecule has 0 radical (unpaired) electrons. The first kappa shape index (κ1) is 13.1. The molecule has 0 aliphatic heterocycles. The Balaban J connectivity index is 2.46. The van der Waals surface area contributed by atoms with Crippen molar-refractivity contribution < 1.29 is 13.5 Å².